The lowest BCUT2D eigenvalue weighted by molar-refractivity contribution is 0.112. The number of hydrogen-bond acceptors (Lipinski definition) is 3. The average molecular weight is 282 g/mol. The lowest BCUT2D eigenvalue weighted by atomic mass is 9.98. The van der Waals surface area contributed by atoms with E-state index in [1.165, 1.54) is 0 Å². The van der Waals surface area contributed by atoms with Crippen LogP contribution in [0.25, 0.3) is 22.0 Å². The number of anilines is 1. The van der Waals surface area contributed by atoms with Crippen LogP contribution in [-0.4, -0.2) is 25.5 Å². The molecular formula is C17H18N2O2. The van der Waals surface area contributed by atoms with E-state index in [0.717, 1.165) is 28.3 Å². The number of methoxy groups -OCH3 is 1. The Hall–Kier alpha value is -2.59. The number of carbonyl (C=O) groups is 1. The summed E-state index contributed by atoms with van der Waals surface area (Å²) in [4.78, 5) is 14.0. The zero-order valence-corrected chi connectivity index (χ0v) is 12.1. The zero-order valence-electron chi connectivity index (χ0n) is 12.1. The number of aldehydes is 1. The maximum atomic E-state index is 10.9. The minimum atomic E-state index is 0.652. The predicted molar refractivity (Wildman–Crippen MR) is 86.5 cm³/mol. The summed E-state index contributed by atoms with van der Waals surface area (Å²) in [6.07, 6.45) is 2.73. The van der Waals surface area contributed by atoms with Crippen LogP contribution in [0, 0.1) is 0 Å². The number of aromatic amines is 1. The quantitative estimate of drug-likeness (QED) is 0.558. The SMILES string of the molecule is COC.Nc1ccc2[nH]ccc2c1-c1cccc(C=O)c1. The molecule has 0 saturated carbocycles. The number of aromatic nitrogens is 1. The normalized spacial score (nSPS) is 10.0. The number of nitrogens with two attached hydrogens (primary N) is 1. The third kappa shape index (κ3) is 3.12. The van der Waals surface area contributed by atoms with Crippen LogP contribution in [0.4, 0.5) is 5.69 Å². The lowest BCUT2D eigenvalue weighted by Crippen LogP contribution is -1.91. The summed E-state index contributed by atoms with van der Waals surface area (Å²) in [5.41, 5.74) is 10.4. The van der Waals surface area contributed by atoms with Crippen molar-refractivity contribution in [3.63, 3.8) is 0 Å². The van der Waals surface area contributed by atoms with Crippen molar-refractivity contribution in [2.45, 2.75) is 0 Å². The van der Waals surface area contributed by atoms with Gasteiger partial charge in [0, 0.05) is 48.1 Å². The molecule has 0 aliphatic carbocycles. The molecule has 3 N–H and O–H groups in total. The van der Waals surface area contributed by atoms with Crippen molar-refractivity contribution in [2.75, 3.05) is 20.0 Å². The van der Waals surface area contributed by atoms with Crippen molar-refractivity contribution in [1.82, 2.24) is 4.98 Å². The topological polar surface area (TPSA) is 68.1 Å². The van der Waals surface area contributed by atoms with E-state index >= 15 is 0 Å². The van der Waals surface area contributed by atoms with Crippen molar-refractivity contribution in [2.24, 2.45) is 0 Å². The van der Waals surface area contributed by atoms with Crippen LogP contribution in [0.3, 0.4) is 0 Å². The lowest BCUT2D eigenvalue weighted by Gasteiger charge is -2.08. The summed E-state index contributed by atoms with van der Waals surface area (Å²) in [5.74, 6) is 0. The Morgan fingerprint density at radius 1 is 1.14 bits per heavy atom. The minimum absolute atomic E-state index is 0.652. The van der Waals surface area contributed by atoms with E-state index in [2.05, 4.69) is 9.72 Å². The van der Waals surface area contributed by atoms with Gasteiger partial charge in [0.2, 0.25) is 0 Å². The highest BCUT2D eigenvalue weighted by atomic mass is 16.4. The zero-order chi connectivity index (χ0) is 15.2. The molecule has 0 aliphatic heterocycles. The second kappa shape index (κ2) is 6.72. The molecule has 108 valence electrons. The molecule has 0 amide bonds. The van der Waals surface area contributed by atoms with E-state index in [4.69, 9.17) is 5.73 Å². The van der Waals surface area contributed by atoms with Crippen molar-refractivity contribution in [3.8, 4) is 11.1 Å². The molecule has 0 saturated heterocycles. The van der Waals surface area contributed by atoms with Gasteiger partial charge in [-0.05, 0) is 29.8 Å². The highest BCUT2D eigenvalue weighted by molar-refractivity contribution is 6.01. The van der Waals surface area contributed by atoms with E-state index in [9.17, 15) is 4.79 Å². The van der Waals surface area contributed by atoms with E-state index in [-0.39, 0.29) is 0 Å². The van der Waals surface area contributed by atoms with E-state index in [1.54, 1.807) is 20.3 Å². The summed E-state index contributed by atoms with van der Waals surface area (Å²) < 4.78 is 4.25. The van der Waals surface area contributed by atoms with Crippen molar-refractivity contribution in [1.29, 1.82) is 0 Å². The molecule has 2 aromatic carbocycles. The molecule has 4 nitrogen and oxygen atoms in total. The predicted octanol–water partition coefficient (Wildman–Crippen LogP) is 3.49. The van der Waals surface area contributed by atoms with Crippen LogP contribution >= 0.6 is 0 Å². The third-order valence-corrected chi connectivity index (χ3v) is 3.08. The summed E-state index contributed by atoms with van der Waals surface area (Å²) in [5, 5.41) is 1.07. The molecule has 1 aromatic heterocycles. The van der Waals surface area contributed by atoms with E-state index in [0.29, 0.717) is 11.3 Å². The number of hydrogen-bond donors (Lipinski definition) is 2. The smallest absolute Gasteiger partial charge is 0.150 e. The van der Waals surface area contributed by atoms with Crippen LogP contribution in [0.1, 0.15) is 10.4 Å². The average Bonchev–Trinajstić information content (AvgIpc) is 2.96. The summed E-state index contributed by atoms with van der Waals surface area (Å²) in [6, 6.07) is 13.3. The fourth-order valence-electron chi connectivity index (χ4n) is 2.24. The van der Waals surface area contributed by atoms with Crippen molar-refractivity contribution < 1.29 is 9.53 Å². The van der Waals surface area contributed by atoms with E-state index in [1.807, 2.05) is 42.6 Å². The monoisotopic (exact) mass is 282 g/mol. The Morgan fingerprint density at radius 2 is 1.90 bits per heavy atom. The largest absolute Gasteiger partial charge is 0.398 e. The van der Waals surface area contributed by atoms with Gasteiger partial charge >= 0.3 is 0 Å². The standard InChI is InChI=1S/C15H12N2O.C2H6O/c16-13-4-5-14-12(6-7-17-14)15(13)11-3-1-2-10(8-11)9-18;1-3-2/h1-9,17H,16H2;1-2H3. The molecule has 4 heteroatoms. The van der Waals surface area contributed by atoms with Gasteiger partial charge in [-0.15, -0.1) is 0 Å². The van der Waals surface area contributed by atoms with Crippen molar-refractivity contribution in [3.05, 3.63) is 54.2 Å². The molecule has 3 rings (SSSR count). The Bertz CT molecular complexity index is 747. The van der Waals surface area contributed by atoms with Gasteiger partial charge in [-0.2, -0.15) is 0 Å². The molecular weight excluding hydrogens is 264 g/mol. The Balaban J connectivity index is 0.000000497. The fourth-order valence-corrected chi connectivity index (χ4v) is 2.24. The van der Waals surface area contributed by atoms with Crippen LogP contribution in [-0.2, 0) is 4.74 Å². The first-order valence-corrected chi connectivity index (χ1v) is 6.52. The van der Waals surface area contributed by atoms with Crippen LogP contribution in [0.5, 0.6) is 0 Å². The molecule has 0 fully saturated rings. The molecule has 1 heterocycles. The summed E-state index contributed by atoms with van der Waals surface area (Å²) in [7, 11) is 3.25. The molecule has 21 heavy (non-hydrogen) atoms. The number of nitrogen functional groups attached to an aromatic ring is 1. The number of carbonyl (C=O) groups excluding carboxylic acids is 1. The fraction of sp³-hybridized carbons (Fsp3) is 0.118. The van der Waals surface area contributed by atoms with Crippen LogP contribution in [0.2, 0.25) is 0 Å². The number of ether oxygens (including phenoxy) is 1. The molecule has 3 aromatic rings. The molecule has 0 spiro atoms. The second-order valence-electron chi connectivity index (χ2n) is 4.62. The Kier molecular flexibility index (Phi) is 4.74. The highest BCUT2D eigenvalue weighted by Crippen LogP contribution is 2.33. The number of rotatable bonds is 2. The first kappa shape index (κ1) is 14.8. The third-order valence-electron chi connectivity index (χ3n) is 3.08. The van der Waals surface area contributed by atoms with Crippen LogP contribution in [0.15, 0.2) is 48.7 Å². The molecule has 0 bridgehead atoms. The summed E-state index contributed by atoms with van der Waals surface area (Å²) in [6.45, 7) is 0. The molecule has 0 atom stereocenters. The maximum absolute atomic E-state index is 10.9. The number of nitrogens with one attached hydrogen (secondary N) is 1. The Labute approximate surface area is 123 Å². The van der Waals surface area contributed by atoms with Crippen LogP contribution < -0.4 is 5.73 Å². The Morgan fingerprint density at radius 3 is 2.62 bits per heavy atom. The maximum Gasteiger partial charge on any atom is 0.150 e. The first-order valence-electron chi connectivity index (χ1n) is 6.52. The van der Waals surface area contributed by atoms with Gasteiger partial charge in [0.25, 0.3) is 0 Å². The summed E-state index contributed by atoms with van der Waals surface area (Å²) >= 11 is 0. The van der Waals surface area contributed by atoms with Crippen molar-refractivity contribution >= 4 is 22.9 Å². The second-order valence-corrected chi connectivity index (χ2v) is 4.62. The highest BCUT2D eigenvalue weighted by Gasteiger charge is 2.09. The molecule has 0 unspecified atom stereocenters. The molecule has 0 radical (unpaired) electrons. The van der Waals surface area contributed by atoms with Gasteiger partial charge in [0.05, 0.1) is 0 Å². The minimum Gasteiger partial charge on any atom is -0.398 e. The van der Waals surface area contributed by atoms with Gasteiger partial charge in [-0.1, -0.05) is 18.2 Å². The van der Waals surface area contributed by atoms with Gasteiger partial charge in [-0.3, -0.25) is 4.79 Å². The first-order chi connectivity index (χ1) is 10.2. The number of fused-ring (bicyclic) bond motifs is 1. The molecule has 0 aliphatic rings. The van der Waals surface area contributed by atoms with Gasteiger partial charge in [-0.25, -0.2) is 0 Å². The van der Waals surface area contributed by atoms with Gasteiger partial charge in [0.1, 0.15) is 6.29 Å². The van der Waals surface area contributed by atoms with E-state index < -0.39 is 0 Å². The number of H-pyrrole nitrogens is 1. The number of benzene rings is 2. The van der Waals surface area contributed by atoms with Gasteiger partial charge in [0.15, 0.2) is 0 Å². The van der Waals surface area contributed by atoms with Gasteiger partial charge < -0.3 is 15.5 Å².